The Morgan fingerprint density at radius 1 is 1.36 bits per heavy atom. The largest absolute Gasteiger partial charge is 0.426 e. The third-order valence-corrected chi connectivity index (χ3v) is 5.19. The summed E-state index contributed by atoms with van der Waals surface area (Å²) in [6.07, 6.45) is 2.65. The van der Waals surface area contributed by atoms with Crippen molar-refractivity contribution in [2.45, 2.75) is 33.0 Å². The molecule has 0 aliphatic heterocycles. The minimum atomic E-state index is -0.606. The Morgan fingerprint density at radius 2 is 2.12 bits per heavy atom. The second-order valence-corrected chi connectivity index (χ2v) is 7.81. The fourth-order valence-corrected chi connectivity index (χ4v) is 3.45. The van der Waals surface area contributed by atoms with E-state index in [1.807, 2.05) is 0 Å². The Balaban J connectivity index is 1.73. The maximum absolute atomic E-state index is 14.0. The van der Waals surface area contributed by atoms with Crippen molar-refractivity contribution in [3.05, 3.63) is 47.1 Å². The molecule has 33 heavy (non-hydrogen) atoms. The number of aromatic nitrogens is 3. The average molecular weight is 477 g/mol. The SMILES string of the molecule is CC(C)N(CC(=O)NCc1cccc(Cl)c1F)C(=O)Cn1cc(OC=O)c2c(N)ncnc21. The predicted octanol–water partition coefficient (Wildman–Crippen LogP) is 1.89. The van der Waals surface area contributed by atoms with Crippen molar-refractivity contribution >= 4 is 46.7 Å². The van der Waals surface area contributed by atoms with Crippen molar-refractivity contribution in [1.82, 2.24) is 24.8 Å². The number of amides is 2. The molecule has 3 aromatic rings. The molecule has 0 saturated heterocycles. The van der Waals surface area contributed by atoms with Crippen molar-refractivity contribution in [2.75, 3.05) is 12.3 Å². The summed E-state index contributed by atoms with van der Waals surface area (Å²) in [6.45, 7) is 3.25. The lowest BCUT2D eigenvalue weighted by molar-refractivity contribution is -0.138. The van der Waals surface area contributed by atoms with Gasteiger partial charge in [0, 0.05) is 24.3 Å². The summed E-state index contributed by atoms with van der Waals surface area (Å²) in [5.74, 6) is -1.25. The van der Waals surface area contributed by atoms with Gasteiger partial charge in [0.1, 0.15) is 35.5 Å². The Hall–Kier alpha value is -3.73. The number of nitrogens with zero attached hydrogens (tertiary/aromatic N) is 4. The Labute approximate surface area is 193 Å². The van der Waals surface area contributed by atoms with E-state index in [0.29, 0.717) is 11.0 Å². The molecule has 3 rings (SSSR count). The summed E-state index contributed by atoms with van der Waals surface area (Å²) < 4.78 is 20.4. The minimum absolute atomic E-state index is 0.0398. The second-order valence-electron chi connectivity index (χ2n) is 7.40. The quantitative estimate of drug-likeness (QED) is 0.450. The van der Waals surface area contributed by atoms with Crippen molar-refractivity contribution in [1.29, 1.82) is 0 Å². The van der Waals surface area contributed by atoms with Crippen LogP contribution < -0.4 is 15.8 Å². The molecule has 10 nitrogen and oxygen atoms in total. The van der Waals surface area contributed by atoms with Gasteiger partial charge in [-0.25, -0.2) is 14.4 Å². The van der Waals surface area contributed by atoms with Gasteiger partial charge in [-0.15, -0.1) is 0 Å². The van der Waals surface area contributed by atoms with Gasteiger partial charge in [0.2, 0.25) is 11.8 Å². The van der Waals surface area contributed by atoms with Gasteiger partial charge in [-0.1, -0.05) is 23.7 Å². The zero-order valence-electron chi connectivity index (χ0n) is 17.9. The summed E-state index contributed by atoms with van der Waals surface area (Å²) in [5.41, 5.74) is 6.40. The van der Waals surface area contributed by atoms with Crippen LogP contribution in [0.3, 0.4) is 0 Å². The van der Waals surface area contributed by atoms with Gasteiger partial charge in [-0.2, -0.15) is 0 Å². The van der Waals surface area contributed by atoms with Gasteiger partial charge in [-0.05, 0) is 19.9 Å². The first-order chi connectivity index (χ1) is 15.7. The minimum Gasteiger partial charge on any atom is -0.426 e. The third kappa shape index (κ3) is 5.37. The highest BCUT2D eigenvalue weighted by Gasteiger charge is 2.23. The molecule has 0 atom stereocenters. The molecule has 0 unspecified atom stereocenters. The number of benzene rings is 1. The molecule has 3 N–H and O–H groups in total. The van der Waals surface area contributed by atoms with Crippen LogP contribution in [0.5, 0.6) is 5.75 Å². The highest BCUT2D eigenvalue weighted by molar-refractivity contribution is 6.30. The molecule has 1 aromatic carbocycles. The molecule has 2 amide bonds. The summed E-state index contributed by atoms with van der Waals surface area (Å²) in [7, 11) is 0. The van der Waals surface area contributed by atoms with E-state index in [-0.39, 0.29) is 60.2 Å². The van der Waals surface area contributed by atoms with E-state index in [4.69, 9.17) is 22.1 Å². The normalized spacial score (nSPS) is 10.9. The Morgan fingerprint density at radius 3 is 2.82 bits per heavy atom. The number of rotatable bonds is 9. The van der Waals surface area contributed by atoms with Crippen molar-refractivity contribution in [3.8, 4) is 5.75 Å². The number of nitrogens with one attached hydrogen (secondary N) is 1. The first kappa shape index (κ1) is 23.9. The number of hydrogen-bond acceptors (Lipinski definition) is 7. The number of carbonyl (C=O) groups excluding carboxylic acids is 3. The van der Waals surface area contributed by atoms with E-state index in [2.05, 4.69) is 15.3 Å². The summed E-state index contributed by atoms with van der Waals surface area (Å²) in [5, 5.41) is 2.86. The van der Waals surface area contributed by atoms with E-state index in [9.17, 15) is 18.8 Å². The first-order valence-corrected chi connectivity index (χ1v) is 10.3. The molecule has 0 aliphatic carbocycles. The lowest BCUT2D eigenvalue weighted by atomic mass is 10.2. The second kappa shape index (κ2) is 10.3. The van der Waals surface area contributed by atoms with Crippen LogP contribution in [0.15, 0.2) is 30.7 Å². The number of carbonyl (C=O) groups is 3. The van der Waals surface area contributed by atoms with E-state index in [1.54, 1.807) is 19.9 Å². The summed E-state index contributed by atoms with van der Waals surface area (Å²) in [4.78, 5) is 45.7. The van der Waals surface area contributed by atoms with Gasteiger partial charge in [0.25, 0.3) is 6.47 Å². The van der Waals surface area contributed by atoms with Crippen molar-refractivity contribution in [3.63, 3.8) is 0 Å². The number of anilines is 1. The number of nitrogens with two attached hydrogens (primary N) is 1. The van der Waals surface area contributed by atoms with Crippen molar-refractivity contribution in [2.24, 2.45) is 0 Å². The first-order valence-electron chi connectivity index (χ1n) is 9.91. The molecule has 2 heterocycles. The van der Waals surface area contributed by atoms with Crippen LogP contribution in [-0.2, 0) is 27.5 Å². The molecule has 0 aliphatic rings. The van der Waals surface area contributed by atoms with Crippen LogP contribution in [0.25, 0.3) is 11.0 Å². The van der Waals surface area contributed by atoms with E-state index in [1.165, 1.54) is 34.1 Å². The molecular weight excluding hydrogens is 455 g/mol. The number of fused-ring (bicyclic) bond motifs is 1. The zero-order valence-corrected chi connectivity index (χ0v) is 18.7. The standard InChI is InChI=1S/C21H22ClFN6O4/c1-12(2)29(8-16(31)25-6-13-4-3-5-14(22)19(13)23)17(32)9-28-7-15(33-11-30)18-20(24)26-10-27-21(18)28/h3-5,7,10-12H,6,8-9H2,1-2H3,(H,25,31)(H2,24,26,27). The van der Waals surface area contributed by atoms with Crippen LogP contribution in [0, 0.1) is 5.82 Å². The topological polar surface area (TPSA) is 132 Å². The molecule has 0 spiro atoms. The fourth-order valence-electron chi connectivity index (χ4n) is 3.26. The highest BCUT2D eigenvalue weighted by Crippen LogP contribution is 2.30. The molecule has 2 aromatic heterocycles. The zero-order chi connectivity index (χ0) is 24.1. The predicted molar refractivity (Wildman–Crippen MR) is 119 cm³/mol. The molecule has 0 bridgehead atoms. The maximum Gasteiger partial charge on any atom is 0.298 e. The monoisotopic (exact) mass is 476 g/mol. The lowest BCUT2D eigenvalue weighted by Crippen LogP contribution is -2.45. The van der Waals surface area contributed by atoms with Crippen LogP contribution >= 0.6 is 11.6 Å². The molecule has 12 heteroatoms. The third-order valence-electron chi connectivity index (χ3n) is 4.89. The fraction of sp³-hybridized carbons (Fsp3) is 0.286. The number of nitrogen functional groups attached to an aromatic ring is 1. The van der Waals surface area contributed by atoms with Gasteiger partial charge in [0.05, 0.1) is 11.6 Å². The van der Waals surface area contributed by atoms with E-state index in [0.717, 1.165) is 0 Å². The number of halogens is 2. The number of hydrogen-bond donors (Lipinski definition) is 2. The van der Waals surface area contributed by atoms with Crippen LogP contribution in [0.2, 0.25) is 5.02 Å². The van der Waals surface area contributed by atoms with E-state index < -0.39 is 11.7 Å². The van der Waals surface area contributed by atoms with Gasteiger partial charge < -0.3 is 25.3 Å². The molecule has 0 fully saturated rings. The van der Waals surface area contributed by atoms with Crippen LogP contribution in [-0.4, -0.2) is 50.3 Å². The molecule has 0 radical (unpaired) electrons. The van der Waals surface area contributed by atoms with Gasteiger partial charge in [-0.3, -0.25) is 14.4 Å². The Bertz CT molecular complexity index is 1200. The Kier molecular flexibility index (Phi) is 7.44. The molecule has 174 valence electrons. The highest BCUT2D eigenvalue weighted by atomic mass is 35.5. The van der Waals surface area contributed by atoms with Crippen LogP contribution in [0.4, 0.5) is 10.2 Å². The molecule has 0 saturated carbocycles. The van der Waals surface area contributed by atoms with Gasteiger partial charge >= 0.3 is 0 Å². The van der Waals surface area contributed by atoms with Crippen LogP contribution in [0.1, 0.15) is 19.4 Å². The molecular formula is C21H22ClFN6O4. The lowest BCUT2D eigenvalue weighted by Gasteiger charge is -2.26. The number of ether oxygens (including phenoxy) is 1. The maximum atomic E-state index is 14.0. The smallest absolute Gasteiger partial charge is 0.298 e. The van der Waals surface area contributed by atoms with Crippen molar-refractivity contribution < 1.29 is 23.5 Å². The summed E-state index contributed by atoms with van der Waals surface area (Å²) in [6, 6.07) is 4.20. The summed E-state index contributed by atoms with van der Waals surface area (Å²) >= 11 is 5.76. The van der Waals surface area contributed by atoms with Gasteiger partial charge in [0.15, 0.2) is 5.75 Å². The van der Waals surface area contributed by atoms with E-state index >= 15 is 0 Å². The average Bonchev–Trinajstić information content (AvgIpc) is 3.11.